The van der Waals surface area contributed by atoms with E-state index in [0.717, 1.165) is 11.1 Å². The van der Waals surface area contributed by atoms with E-state index in [2.05, 4.69) is 20.8 Å². The van der Waals surface area contributed by atoms with Crippen LogP contribution in [0, 0.1) is 6.92 Å². The molecule has 2 aromatic carbocycles. The zero-order valence-corrected chi connectivity index (χ0v) is 15.8. The minimum atomic E-state index is -1.04. The lowest BCUT2D eigenvalue weighted by Gasteiger charge is -2.23. The summed E-state index contributed by atoms with van der Waals surface area (Å²) in [5.41, 5.74) is 2.79. The number of ether oxygens (including phenoxy) is 2. The zero-order chi connectivity index (χ0) is 19.5. The van der Waals surface area contributed by atoms with Gasteiger partial charge in [-0.15, -0.1) is 0 Å². The van der Waals surface area contributed by atoms with E-state index < -0.39 is 12.1 Å². The number of aromatic carboxylic acids is 1. The van der Waals surface area contributed by atoms with E-state index in [0.29, 0.717) is 16.9 Å². The van der Waals surface area contributed by atoms with Gasteiger partial charge in [-0.2, -0.15) is 0 Å². The zero-order valence-electron chi connectivity index (χ0n) is 15.8. The number of carbonyl (C=O) groups excluding carboxylic acids is 1. The van der Waals surface area contributed by atoms with Crippen LogP contribution in [0.2, 0.25) is 0 Å². The third kappa shape index (κ3) is 4.23. The number of rotatable bonds is 4. The Balaban J connectivity index is 2.74. The molecular formula is C21H24O5. The molecule has 5 nitrogen and oxygen atoms in total. The first kappa shape index (κ1) is 19.5. The van der Waals surface area contributed by atoms with E-state index in [9.17, 15) is 14.7 Å². The van der Waals surface area contributed by atoms with Crippen molar-refractivity contribution in [2.45, 2.75) is 40.0 Å². The Morgan fingerprint density at radius 3 is 2.31 bits per heavy atom. The van der Waals surface area contributed by atoms with Crippen LogP contribution in [0.4, 0.5) is 4.79 Å². The van der Waals surface area contributed by atoms with Gasteiger partial charge in [-0.3, -0.25) is 0 Å². The van der Waals surface area contributed by atoms with Crippen LogP contribution in [0.25, 0.3) is 11.1 Å². The molecule has 0 fully saturated rings. The van der Waals surface area contributed by atoms with Crippen LogP contribution in [0.15, 0.2) is 36.4 Å². The second-order valence-corrected chi connectivity index (χ2v) is 7.06. The second-order valence-electron chi connectivity index (χ2n) is 7.06. The van der Waals surface area contributed by atoms with Gasteiger partial charge in [0, 0.05) is 5.56 Å². The van der Waals surface area contributed by atoms with Crippen molar-refractivity contribution in [1.29, 1.82) is 0 Å². The molecule has 2 rings (SSSR count). The number of carboxylic acid groups (broad SMARTS) is 1. The van der Waals surface area contributed by atoms with Crippen LogP contribution in [0.3, 0.4) is 0 Å². The second kappa shape index (κ2) is 7.60. The summed E-state index contributed by atoms with van der Waals surface area (Å²) in [5, 5.41) is 9.55. The topological polar surface area (TPSA) is 72.8 Å². The average molecular weight is 356 g/mol. The van der Waals surface area contributed by atoms with Crippen LogP contribution in [-0.4, -0.2) is 23.8 Å². The standard InChI is InChI=1S/C21H24O5/c1-6-25-20(24)26-18-13(2)11-14(21(3,4)5)12-17(18)15-9-7-8-10-16(15)19(22)23/h7-12H,6H2,1-5H3,(H,22,23). The molecule has 0 unspecified atom stereocenters. The summed E-state index contributed by atoms with van der Waals surface area (Å²) in [7, 11) is 0. The number of carboxylic acids is 1. The third-order valence-electron chi connectivity index (χ3n) is 4.04. The van der Waals surface area contributed by atoms with Crippen LogP contribution in [0.1, 0.15) is 49.2 Å². The lowest BCUT2D eigenvalue weighted by Crippen LogP contribution is -2.15. The summed E-state index contributed by atoms with van der Waals surface area (Å²) in [5.74, 6) is -0.730. The number of carbonyl (C=O) groups is 2. The molecule has 0 aliphatic rings. The quantitative estimate of drug-likeness (QED) is 0.602. The van der Waals surface area contributed by atoms with Crippen molar-refractivity contribution in [3.05, 3.63) is 53.1 Å². The third-order valence-corrected chi connectivity index (χ3v) is 4.04. The molecule has 0 aliphatic carbocycles. The van der Waals surface area contributed by atoms with Gasteiger partial charge >= 0.3 is 12.1 Å². The first-order chi connectivity index (χ1) is 12.1. The van der Waals surface area contributed by atoms with Crippen molar-refractivity contribution in [3.63, 3.8) is 0 Å². The Labute approximate surface area is 153 Å². The molecule has 2 aromatic rings. The minimum absolute atomic E-state index is 0.145. The molecule has 5 heteroatoms. The van der Waals surface area contributed by atoms with Crippen LogP contribution in [0.5, 0.6) is 5.75 Å². The fourth-order valence-electron chi connectivity index (χ4n) is 2.68. The van der Waals surface area contributed by atoms with Gasteiger partial charge in [0.05, 0.1) is 12.2 Å². The lowest BCUT2D eigenvalue weighted by molar-refractivity contribution is 0.0697. The van der Waals surface area contributed by atoms with E-state index in [1.54, 1.807) is 25.1 Å². The molecule has 0 aromatic heterocycles. The minimum Gasteiger partial charge on any atom is -0.478 e. The summed E-state index contributed by atoms with van der Waals surface area (Å²) < 4.78 is 10.3. The number of hydrogen-bond acceptors (Lipinski definition) is 4. The maximum absolute atomic E-state index is 11.9. The summed E-state index contributed by atoms with van der Waals surface area (Å²) in [6.45, 7) is 9.93. The van der Waals surface area contributed by atoms with Crippen LogP contribution >= 0.6 is 0 Å². The highest BCUT2D eigenvalue weighted by Gasteiger charge is 2.23. The smallest absolute Gasteiger partial charge is 0.478 e. The lowest BCUT2D eigenvalue weighted by atomic mass is 9.83. The van der Waals surface area contributed by atoms with E-state index in [1.807, 2.05) is 19.1 Å². The van der Waals surface area contributed by atoms with Gasteiger partial charge in [-0.25, -0.2) is 9.59 Å². The van der Waals surface area contributed by atoms with Crippen LogP contribution in [-0.2, 0) is 10.2 Å². The molecule has 0 atom stereocenters. The van der Waals surface area contributed by atoms with Gasteiger partial charge in [0.15, 0.2) is 0 Å². The summed E-state index contributed by atoms with van der Waals surface area (Å²) in [6.07, 6.45) is -0.812. The van der Waals surface area contributed by atoms with Crippen molar-refractivity contribution >= 4 is 12.1 Å². The Morgan fingerprint density at radius 1 is 1.08 bits per heavy atom. The summed E-state index contributed by atoms with van der Waals surface area (Å²) in [6, 6.07) is 10.5. The van der Waals surface area contributed by atoms with E-state index in [1.165, 1.54) is 6.07 Å². The molecule has 0 saturated heterocycles. The molecule has 138 valence electrons. The van der Waals surface area contributed by atoms with E-state index >= 15 is 0 Å². The van der Waals surface area contributed by atoms with Crippen molar-refractivity contribution in [3.8, 4) is 16.9 Å². The molecule has 0 spiro atoms. The van der Waals surface area contributed by atoms with Crippen molar-refractivity contribution in [1.82, 2.24) is 0 Å². The normalized spacial score (nSPS) is 11.1. The number of aryl methyl sites for hydroxylation is 1. The van der Waals surface area contributed by atoms with Crippen molar-refractivity contribution in [2.24, 2.45) is 0 Å². The average Bonchev–Trinajstić information content (AvgIpc) is 2.55. The number of benzene rings is 2. The highest BCUT2D eigenvalue weighted by Crippen LogP contribution is 2.39. The highest BCUT2D eigenvalue weighted by atomic mass is 16.7. The van der Waals surface area contributed by atoms with Crippen molar-refractivity contribution < 1.29 is 24.2 Å². The van der Waals surface area contributed by atoms with Gasteiger partial charge in [-0.05, 0) is 48.1 Å². The van der Waals surface area contributed by atoms with E-state index in [-0.39, 0.29) is 17.6 Å². The number of hydrogen-bond donors (Lipinski definition) is 1. The summed E-state index contributed by atoms with van der Waals surface area (Å²) in [4.78, 5) is 23.6. The molecule has 0 saturated carbocycles. The van der Waals surface area contributed by atoms with Gasteiger partial charge in [-0.1, -0.05) is 45.0 Å². The van der Waals surface area contributed by atoms with Gasteiger partial charge in [0.25, 0.3) is 0 Å². The van der Waals surface area contributed by atoms with Gasteiger partial charge in [0.2, 0.25) is 0 Å². The fraction of sp³-hybridized carbons (Fsp3) is 0.333. The molecule has 0 aliphatic heterocycles. The monoisotopic (exact) mass is 356 g/mol. The molecule has 1 N–H and O–H groups in total. The molecule has 26 heavy (non-hydrogen) atoms. The Hall–Kier alpha value is -2.82. The van der Waals surface area contributed by atoms with Crippen LogP contribution < -0.4 is 4.74 Å². The Kier molecular flexibility index (Phi) is 5.70. The Morgan fingerprint density at radius 2 is 1.73 bits per heavy atom. The van der Waals surface area contributed by atoms with Gasteiger partial charge in [0.1, 0.15) is 5.75 Å². The maximum atomic E-state index is 11.9. The predicted octanol–water partition coefficient (Wildman–Crippen LogP) is 5.19. The Bertz CT molecular complexity index is 831. The molecule has 0 bridgehead atoms. The fourth-order valence-corrected chi connectivity index (χ4v) is 2.68. The highest BCUT2D eigenvalue weighted by molar-refractivity contribution is 5.97. The maximum Gasteiger partial charge on any atom is 0.513 e. The molecule has 0 amide bonds. The van der Waals surface area contributed by atoms with Gasteiger partial charge < -0.3 is 14.6 Å². The molecular weight excluding hydrogens is 332 g/mol. The largest absolute Gasteiger partial charge is 0.513 e. The van der Waals surface area contributed by atoms with Crippen molar-refractivity contribution in [2.75, 3.05) is 6.61 Å². The SMILES string of the molecule is CCOC(=O)Oc1c(C)cc(C(C)(C)C)cc1-c1ccccc1C(=O)O. The summed E-state index contributed by atoms with van der Waals surface area (Å²) >= 11 is 0. The first-order valence-corrected chi connectivity index (χ1v) is 8.47. The molecule has 0 radical (unpaired) electrons. The van der Waals surface area contributed by atoms with E-state index in [4.69, 9.17) is 9.47 Å². The molecule has 0 heterocycles. The first-order valence-electron chi connectivity index (χ1n) is 8.47. The predicted molar refractivity (Wildman–Crippen MR) is 99.9 cm³/mol.